The molecule has 212 valence electrons. The van der Waals surface area contributed by atoms with Crippen molar-refractivity contribution in [3.05, 3.63) is 51.1 Å². The first-order valence-corrected chi connectivity index (χ1v) is 13.0. The molecule has 9 nitrogen and oxygen atoms in total. The Balaban J connectivity index is 1.64. The molecule has 3 heterocycles. The summed E-state index contributed by atoms with van der Waals surface area (Å²) >= 11 is 0. The number of benzene rings is 1. The predicted molar refractivity (Wildman–Crippen MR) is 144 cm³/mol. The Morgan fingerprint density at radius 3 is 2.56 bits per heavy atom. The number of carbonyl (C=O) groups is 1. The fraction of sp³-hybridized carbons (Fsp3) is 0.519. The van der Waals surface area contributed by atoms with Gasteiger partial charge in [-0.1, -0.05) is 0 Å². The van der Waals surface area contributed by atoms with E-state index in [0.29, 0.717) is 55.0 Å². The van der Waals surface area contributed by atoms with Crippen LogP contribution in [-0.4, -0.2) is 71.1 Å². The van der Waals surface area contributed by atoms with Gasteiger partial charge in [-0.25, -0.2) is 0 Å². The second kappa shape index (κ2) is 11.3. The van der Waals surface area contributed by atoms with Gasteiger partial charge in [0, 0.05) is 49.4 Å². The molecule has 0 atom stereocenters. The first-order valence-electron chi connectivity index (χ1n) is 13.0. The number of halogens is 3. The number of hydrogen-bond donors (Lipinski definition) is 2. The number of pyridine rings is 1. The lowest BCUT2D eigenvalue weighted by Crippen LogP contribution is -2.47. The predicted octanol–water partition coefficient (Wildman–Crippen LogP) is 3.67. The number of methoxy groups -OCH3 is 1. The van der Waals surface area contributed by atoms with Crippen molar-refractivity contribution in [1.29, 1.82) is 0 Å². The van der Waals surface area contributed by atoms with Crippen LogP contribution in [0.15, 0.2) is 23.1 Å². The van der Waals surface area contributed by atoms with Gasteiger partial charge in [0.1, 0.15) is 5.75 Å². The number of nitrogens with one attached hydrogen (secondary N) is 2. The number of fused-ring (bicyclic) bond motifs is 1. The molecule has 1 amide bonds. The van der Waals surface area contributed by atoms with Crippen molar-refractivity contribution in [2.45, 2.75) is 52.4 Å². The summed E-state index contributed by atoms with van der Waals surface area (Å²) in [5, 5.41) is 8.15. The summed E-state index contributed by atoms with van der Waals surface area (Å²) in [6, 6.07) is 3.51. The quantitative estimate of drug-likeness (QED) is 0.446. The van der Waals surface area contributed by atoms with Crippen molar-refractivity contribution in [3.63, 3.8) is 0 Å². The summed E-state index contributed by atoms with van der Waals surface area (Å²) in [6.07, 6.45) is -1.29. The van der Waals surface area contributed by atoms with Crippen LogP contribution in [0.5, 0.6) is 5.75 Å². The number of H-pyrrole nitrogens is 1. The van der Waals surface area contributed by atoms with E-state index in [0.717, 1.165) is 22.2 Å². The van der Waals surface area contributed by atoms with E-state index < -0.39 is 12.7 Å². The molecule has 12 heteroatoms. The normalized spacial score (nSPS) is 15.1. The van der Waals surface area contributed by atoms with Gasteiger partial charge in [-0.05, 0) is 51.3 Å². The van der Waals surface area contributed by atoms with Crippen LogP contribution in [0.1, 0.15) is 46.9 Å². The van der Waals surface area contributed by atoms with Gasteiger partial charge in [-0.3, -0.25) is 19.2 Å². The number of hydrogen-bond acceptors (Lipinski definition) is 6. The molecule has 1 aliphatic rings. The molecule has 0 saturated carbocycles. The maximum atomic E-state index is 13.5. The minimum atomic E-state index is -4.22. The fourth-order valence-corrected chi connectivity index (χ4v) is 5.52. The molecule has 1 aliphatic heterocycles. The van der Waals surface area contributed by atoms with Crippen LogP contribution in [0, 0.1) is 13.8 Å². The number of anilines is 1. The highest BCUT2D eigenvalue weighted by molar-refractivity contribution is 6.05. The molecule has 2 aromatic heterocycles. The van der Waals surface area contributed by atoms with E-state index in [1.807, 2.05) is 13.8 Å². The standard InChI is InChI=1S/C27H35F3N6O3/c1-6-36(18-7-9-35(10-8-18)15-27(28,29)30)24-17(3)19(12-22-20(24)14-32-34(22)4)25(37)31-13-21-23(39-5)11-16(2)33-26(21)38/h11-12,14,18H,6-10,13,15H2,1-5H3,(H,31,37)(H,33,38). The average molecular weight is 549 g/mol. The Morgan fingerprint density at radius 1 is 1.26 bits per heavy atom. The third-order valence-corrected chi connectivity index (χ3v) is 7.43. The Hall–Kier alpha value is -3.54. The highest BCUT2D eigenvalue weighted by Crippen LogP contribution is 2.36. The van der Waals surface area contributed by atoms with Crippen molar-refractivity contribution < 1.29 is 22.7 Å². The summed E-state index contributed by atoms with van der Waals surface area (Å²) < 4.78 is 45.8. The number of aromatic nitrogens is 3. The number of ether oxygens (including phenoxy) is 1. The van der Waals surface area contributed by atoms with Gasteiger partial charge in [0.2, 0.25) is 0 Å². The summed E-state index contributed by atoms with van der Waals surface area (Å²) in [4.78, 5) is 32.4. The molecule has 0 spiro atoms. The molecular formula is C27H35F3N6O3. The first kappa shape index (κ1) is 28.5. The number of aromatic amines is 1. The third kappa shape index (κ3) is 6.05. The SMILES string of the molecule is CCN(c1c(C)c(C(=O)NCc2c(OC)cc(C)[nH]c2=O)cc2c1cnn2C)C1CCN(CC(F)(F)F)CC1. The van der Waals surface area contributed by atoms with Gasteiger partial charge in [0.25, 0.3) is 11.5 Å². The zero-order valence-corrected chi connectivity index (χ0v) is 22.9. The molecule has 0 unspecified atom stereocenters. The zero-order valence-electron chi connectivity index (χ0n) is 22.9. The molecule has 39 heavy (non-hydrogen) atoms. The maximum Gasteiger partial charge on any atom is 0.401 e. The highest BCUT2D eigenvalue weighted by Gasteiger charge is 2.34. The van der Waals surface area contributed by atoms with Crippen molar-refractivity contribution in [3.8, 4) is 5.75 Å². The molecular weight excluding hydrogens is 513 g/mol. The van der Waals surface area contributed by atoms with Gasteiger partial charge in [0.15, 0.2) is 0 Å². The fourth-order valence-electron chi connectivity index (χ4n) is 5.52. The van der Waals surface area contributed by atoms with E-state index in [4.69, 9.17) is 4.74 Å². The highest BCUT2D eigenvalue weighted by atomic mass is 19.4. The van der Waals surface area contributed by atoms with Crippen LogP contribution in [0.2, 0.25) is 0 Å². The minimum absolute atomic E-state index is 0.0228. The maximum absolute atomic E-state index is 13.5. The topological polar surface area (TPSA) is 95.5 Å². The van der Waals surface area contributed by atoms with Crippen LogP contribution >= 0.6 is 0 Å². The van der Waals surface area contributed by atoms with Crippen molar-refractivity contribution in [2.75, 3.05) is 38.2 Å². The van der Waals surface area contributed by atoms with E-state index in [1.54, 1.807) is 37.0 Å². The molecule has 1 aromatic carbocycles. The number of piperidine rings is 1. The van der Waals surface area contributed by atoms with Crippen LogP contribution < -0.4 is 20.5 Å². The average Bonchev–Trinajstić information content (AvgIpc) is 3.24. The lowest BCUT2D eigenvalue weighted by atomic mass is 9.97. The number of carbonyl (C=O) groups excluding carboxylic acids is 1. The zero-order chi connectivity index (χ0) is 28.5. The van der Waals surface area contributed by atoms with Crippen LogP contribution in [0.4, 0.5) is 18.9 Å². The smallest absolute Gasteiger partial charge is 0.401 e. The number of rotatable bonds is 8. The largest absolute Gasteiger partial charge is 0.496 e. The van der Waals surface area contributed by atoms with Gasteiger partial charge in [-0.2, -0.15) is 18.3 Å². The van der Waals surface area contributed by atoms with E-state index in [9.17, 15) is 22.8 Å². The van der Waals surface area contributed by atoms with Crippen LogP contribution in [0.3, 0.4) is 0 Å². The Morgan fingerprint density at radius 2 is 1.95 bits per heavy atom. The molecule has 1 fully saturated rings. The van der Waals surface area contributed by atoms with Gasteiger partial charge >= 0.3 is 6.18 Å². The lowest BCUT2D eigenvalue weighted by Gasteiger charge is -2.40. The van der Waals surface area contributed by atoms with Gasteiger partial charge < -0.3 is 19.9 Å². The molecule has 0 radical (unpaired) electrons. The monoisotopic (exact) mass is 548 g/mol. The Kier molecular flexibility index (Phi) is 8.24. The number of likely N-dealkylation sites (tertiary alicyclic amines) is 1. The second-order valence-electron chi connectivity index (χ2n) is 10.0. The molecule has 0 bridgehead atoms. The minimum Gasteiger partial charge on any atom is -0.496 e. The number of amides is 1. The van der Waals surface area contributed by atoms with Gasteiger partial charge in [0.05, 0.1) is 43.2 Å². The van der Waals surface area contributed by atoms with Gasteiger partial charge in [-0.15, -0.1) is 0 Å². The van der Waals surface area contributed by atoms with E-state index in [-0.39, 0.29) is 24.1 Å². The third-order valence-electron chi connectivity index (χ3n) is 7.43. The molecule has 0 aliphatic carbocycles. The number of aryl methyl sites for hydroxylation is 2. The second-order valence-corrected chi connectivity index (χ2v) is 10.0. The number of alkyl halides is 3. The summed E-state index contributed by atoms with van der Waals surface area (Å²) in [6.45, 7) is 6.03. The summed E-state index contributed by atoms with van der Waals surface area (Å²) in [5.74, 6) is 0.0417. The molecule has 4 rings (SSSR count). The van der Waals surface area contributed by atoms with E-state index in [2.05, 4.69) is 20.3 Å². The van der Waals surface area contributed by atoms with Crippen molar-refractivity contribution in [2.24, 2.45) is 7.05 Å². The molecule has 3 aromatic rings. The van der Waals surface area contributed by atoms with Crippen molar-refractivity contribution in [1.82, 2.24) is 25.0 Å². The van der Waals surface area contributed by atoms with E-state index >= 15 is 0 Å². The van der Waals surface area contributed by atoms with E-state index in [1.165, 1.54) is 12.0 Å². The Bertz CT molecular complexity index is 1410. The first-order chi connectivity index (χ1) is 18.4. The summed E-state index contributed by atoms with van der Waals surface area (Å²) in [5.41, 5.74) is 3.44. The molecule has 2 N–H and O–H groups in total. The van der Waals surface area contributed by atoms with Crippen molar-refractivity contribution >= 4 is 22.5 Å². The lowest BCUT2D eigenvalue weighted by molar-refractivity contribution is -0.147. The summed E-state index contributed by atoms with van der Waals surface area (Å²) in [7, 11) is 3.27. The number of nitrogens with zero attached hydrogens (tertiary/aromatic N) is 4. The Labute approximate surface area is 224 Å². The van der Waals surface area contributed by atoms with Crippen LogP contribution in [-0.2, 0) is 13.6 Å². The molecule has 1 saturated heterocycles. The van der Waals surface area contributed by atoms with Crippen LogP contribution in [0.25, 0.3) is 10.9 Å².